The molecule has 0 heterocycles. The summed E-state index contributed by atoms with van der Waals surface area (Å²) in [4.78, 5) is 22.5. The number of carboxylic acid groups (broad SMARTS) is 1. The predicted molar refractivity (Wildman–Crippen MR) is 97.1 cm³/mol. The number of unbranched alkanes of at least 4 members (excludes halogenated alkanes) is 3. The van der Waals surface area contributed by atoms with Gasteiger partial charge in [-0.15, -0.1) is 0 Å². The monoisotopic (exact) mass is 352 g/mol. The summed E-state index contributed by atoms with van der Waals surface area (Å²) in [5.41, 5.74) is 0. The highest BCUT2D eigenvalue weighted by atomic mass is 16.4. The second-order valence-corrected chi connectivity index (χ2v) is 6.86. The molecule has 142 valence electrons. The predicted octanol–water partition coefficient (Wildman–Crippen LogP) is 3.25. The van der Waals surface area contributed by atoms with Crippen LogP contribution in [-0.4, -0.2) is 39.3 Å². The number of aliphatic hydroxyl groups excluding tert-OH is 2. The molecule has 0 aromatic heterocycles. The average molecular weight is 352 g/mol. The van der Waals surface area contributed by atoms with E-state index in [1.54, 1.807) is 12.2 Å². The van der Waals surface area contributed by atoms with Crippen LogP contribution >= 0.6 is 0 Å². The van der Waals surface area contributed by atoms with Crippen LogP contribution in [0.25, 0.3) is 0 Å². The van der Waals surface area contributed by atoms with Gasteiger partial charge in [0.1, 0.15) is 5.78 Å². The zero-order chi connectivity index (χ0) is 18.7. The quantitative estimate of drug-likeness (QED) is 0.370. The van der Waals surface area contributed by atoms with Crippen LogP contribution in [0.1, 0.15) is 64.7 Å². The second-order valence-electron chi connectivity index (χ2n) is 6.86. The van der Waals surface area contributed by atoms with Crippen molar-refractivity contribution in [2.24, 2.45) is 11.8 Å². The number of carbonyl (C=O) groups excluding carboxylic acids is 1. The van der Waals surface area contributed by atoms with Gasteiger partial charge < -0.3 is 15.3 Å². The maximum absolute atomic E-state index is 12.1. The van der Waals surface area contributed by atoms with Crippen molar-refractivity contribution in [3.8, 4) is 0 Å². The summed E-state index contributed by atoms with van der Waals surface area (Å²) in [5.74, 6) is -1.26. The van der Waals surface area contributed by atoms with E-state index >= 15 is 0 Å². The zero-order valence-corrected chi connectivity index (χ0v) is 15.1. The van der Waals surface area contributed by atoms with Gasteiger partial charge >= 0.3 is 5.97 Å². The lowest BCUT2D eigenvalue weighted by molar-refractivity contribution is -0.137. The Morgan fingerprint density at radius 3 is 2.72 bits per heavy atom. The standard InChI is InChI=1S/C20H32O5/c1-2-3-6-9-15(21)12-13-17-16(18(22)14-19(17)23)10-7-4-5-8-11-20(24)25/h4,7,12-13,15-17,19,21,23H,2-3,5-6,8-11,14H2,1H3,(H,24,25)/t15?,16-,17-,19-/m1/s1. The van der Waals surface area contributed by atoms with Crippen molar-refractivity contribution in [2.75, 3.05) is 0 Å². The fourth-order valence-electron chi connectivity index (χ4n) is 3.22. The normalized spacial score (nSPS) is 25.2. The van der Waals surface area contributed by atoms with Gasteiger partial charge in [0, 0.05) is 24.7 Å². The number of rotatable bonds is 12. The molecule has 0 aromatic carbocycles. The molecule has 1 aliphatic carbocycles. The van der Waals surface area contributed by atoms with Crippen molar-refractivity contribution in [3.63, 3.8) is 0 Å². The van der Waals surface area contributed by atoms with E-state index in [-0.39, 0.29) is 30.5 Å². The van der Waals surface area contributed by atoms with E-state index in [1.807, 2.05) is 12.2 Å². The Hall–Kier alpha value is -1.46. The van der Waals surface area contributed by atoms with Crippen molar-refractivity contribution in [3.05, 3.63) is 24.3 Å². The summed E-state index contributed by atoms with van der Waals surface area (Å²) in [7, 11) is 0. The van der Waals surface area contributed by atoms with E-state index in [0.29, 0.717) is 25.7 Å². The summed E-state index contributed by atoms with van der Waals surface area (Å²) in [6.07, 6.45) is 12.1. The molecule has 1 saturated carbocycles. The first-order valence-corrected chi connectivity index (χ1v) is 9.39. The fraction of sp³-hybridized carbons (Fsp3) is 0.700. The van der Waals surface area contributed by atoms with Gasteiger partial charge in [0.15, 0.2) is 0 Å². The van der Waals surface area contributed by atoms with E-state index in [1.165, 1.54) is 0 Å². The van der Waals surface area contributed by atoms with Gasteiger partial charge in [-0.2, -0.15) is 0 Å². The number of ketones is 1. The molecule has 1 unspecified atom stereocenters. The molecule has 3 N–H and O–H groups in total. The van der Waals surface area contributed by atoms with Crippen LogP contribution in [0, 0.1) is 11.8 Å². The van der Waals surface area contributed by atoms with Crippen LogP contribution < -0.4 is 0 Å². The van der Waals surface area contributed by atoms with Gasteiger partial charge in [-0.05, 0) is 25.7 Å². The summed E-state index contributed by atoms with van der Waals surface area (Å²) >= 11 is 0. The topological polar surface area (TPSA) is 94.8 Å². The molecular formula is C20H32O5. The van der Waals surface area contributed by atoms with Gasteiger partial charge in [0.05, 0.1) is 12.2 Å². The van der Waals surface area contributed by atoms with E-state index < -0.39 is 18.2 Å². The zero-order valence-electron chi connectivity index (χ0n) is 15.1. The Kier molecular flexibility index (Phi) is 10.3. The SMILES string of the molecule is CCCCCC(O)C=C[C@H]1[C@H](O)CC(=O)[C@@H]1CC=CCCCC(=O)O. The van der Waals surface area contributed by atoms with Gasteiger partial charge in [-0.25, -0.2) is 0 Å². The van der Waals surface area contributed by atoms with Crippen LogP contribution in [0.2, 0.25) is 0 Å². The summed E-state index contributed by atoms with van der Waals surface area (Å²) in [6.45, 7) is 2.11. The van der Waals surface area contributed by atoms with Crippen LogP contribution in [0.4, 0.5) is 0 Å². The summed E-state index contributed by atoms with van der Waals surface area (Å²) < 4.78 is 0. The maximum atomic E-state index is 12.1. The third-order valence-electron chi connectivity index (χ3n) is 4.71. The Morgan fingerprint density at radius 1 is 1.28 bits per heavy atom. The third kappa shape index (κ3) is 8.45. The fourth-order valence-corrected chi connectivity index (χ4v) is 3.22. The van der Waals surface area contributed by atoms with Gasteiger partial charge in [0.2, 0.25) is 0 Å². The summed E-state index contributed by atoms with van der Waals surface area (Å²) in [6, 6.07) is 0. The number of allylic oxidation sites excluding steroid dienone is 2. The molecule has 0 bridgehead atoms. The van der Waals surface area contributed by atoms with Crippen molar-refractivity contribution in [1.29, 1.82) is 0 Å². The van der Waals surface area contributed by atoms with Crippen LogP contribution in [0.15, 0.2) is 24.3 Å². The van der Waals surface area contributed by atoms with Gasteiger partial charge in [-0.1, -0.05) is 50.5 Å². The summed E-state index contributed by atoms with van der Waals surface area (Å²) in [5, 5.41) is 28.7. The Balaban J connectivity index is 2.48. The molecule has 5 heteroatoms. The molecule has 1 rings (SSSR count). The molecule has 0 saturated heterocycles. The highest BCUT2D eigenvalue weighted by Crippen LogP contribution is 2.33. The first-order valence-electron chi connectivity index (χ1n) is 9.39. The van der Waals surface area contributed by atoms with Gasteiger partial charge in [-0.3, -0.25) is 9.59 Å². The highest BCUT2D eigenvalue weighted by molar-refractivity contribution is 5.84. The van der Waals surface area contributed by atoms with Crippen LogP contribution in [-0.2, 0) is 9.59 Å². The minimum Gasteiger partial charge on any atom is -0.481 e. The molecule has 0 aliphatic heterocycles. The molecule has 1 aliphatic rings. The van der Waals surface area contributed by atoms with E-state index in [9.17, 15) is 19.8 Å². The molecule has 0 aromatic rings. The minimum atomic E-state index is -0.801. The van der Waals surface area contributed by atoms with Crippen molar-refractivity contribution in [1.82, 2.24) is 0 Å². The number of carbonyl (C=O) groups is 2. The Morgan fingerprint density at radius 2 is 2.04 bits per heavy atom. The van der Waals surface area contributed by atoms with Gasteiger partial charge in [0.25, 0.3) is 0 Å². The molecule has 4 atom stereocenters. The first-order chi connectivity index (χ1) is 12.0. The smallest absolute Gasteiger partial charge is 0.303 e. The number of aliphatic carboxylic acids is 1. The van der Waals surface area contributed by atoms with E-state index in [4.69, 9.17) is 5.11 Å². The number of carboxylic acids is 1. The molecular weight excluding hydrogens is 320 g/mol. The second kappa shape index (κ2) is 12.0. The molecule has 0 radical (unpaired) electrons. The third-order valence-corrected chi connectivity index (χ3v) is 4.71. The lowest BCUT2D eigenvalue weighted by Crippen LogP contribution is -2.18. The molecule has 0 spiro atoms. The van der Waals surface area contributed by atoms with Crippen molar-refractivity contribution in [2.45, 2.75) is 76.9 Å². The van der Waals surface area contributed by atoms with Crippen molar-refractivity contribution < 1.29 is 24.9 Å². The average Bonchev–Trinajstić information content (AvgIpc) is 2.82. The van der Waals surface area contributed by atoms with Crippen LogP contribution in [0.5, 0.6) is 0 Å². The van der Waals surface area contributed by atoms with E-state index in [0.717, 1.165) is 19.3 Å². The van der Waals surface area contributed by atoms with E-state index in [2.05, 4.69) is 6.92 Å². The maximum Gasteiger partial charge on any atom is 0.303 e. The van der Waals surface area contributed by atoms with Crippen molar-refractivity contribution >= 4 is 11.8 Å². The number of Topliss-reactive ketones (excluding diaryl/α,β-unsaturated/α-hetero) is 1. The van der Waals surface area contributed by atoms with Crippen LogP contribution in [0.3, 0.4) is 0 Å². The molecule has 5 nitrogen and oxygen atoms in total. The lowest BCUT2D eigenvalue weighted by Gasteiger charge is -2.16. The number of hydrogen-bond donors (Lipinski definition) is 3. The highest BCUT2D eigenvalue weighted by Gasteiger charge is 2.39. The lowest BCUT2D eigenvalue weighted by atomic mass is 9.90. The Labute approximate surface area is 150 Å². The Bertz CT molecular complexity index is 469. The number of aliphatic hydroxyl groups is 2. The molecule has 1 fully saturated rings. The molecule has 0 amide bonds. The number of hydrogen-bond acceptors (Lipinski definition) is 4. The largest absolute Gasteiger partial charge is 0.481 e. The minimum absolute atomic E-state index is 0.0535. The first kappa shape index (κ1) is 21.6. The molecule has 25 heavy (non-hydrogen) atoms.